The molecule has 0 bridgehead atoms. The summed E-state index contributed by atoms with van der Waals surface area (Å²) in [6.45, 7) is 7.96. The van der Waals surface area contributed by atoms with Crippen molar-refractivity contribution in [3.63, 3.8) is 0 Å². The lowest BCUT2D eigenvalue weighted by Crippen LogP contribution is -2.63. The van der Waals surface area contributed by atoms with E-state index in [0.29, 0.717) is 32.1 Å². The lowest BCUT2D eigenvalue weighted by Gasteiger charge is -2.61. The maximum absolute atomic E-state index is 13.0. The topological polar surface area (TPSA) is 374 Å². The van der Waals surface area contributed by atoms with E-state index in [1.165, 1.54) is 12.7 Å². The van der Waals surface area contributed by atoms with Crippen molar-refractivity contribution in [2.24, 2.45) is 28.6 Å². The summed E-state index contributed by atoms with van der Waals surface area (Å²) in [5.74, 6) is -0.0298. The van der Waals surface area contributed by atoms with Gasteiger partial charge in [-0.3, -0.25) is 0 Å². The highest BCUT2D eigenvalue weighted by Crippen LogP contribution is 2.68. The maximum atomic E-state index is 13.0. The standard InChI is InChI=1S/C53H88O25/c1-21(72-49-43(64)40(61)37(58)32(77-49)20-70-48-42(63)39(60)36(57)31(76-48)19-69-47-41(62)38(59)35(56)30(18-54)75-47)26-12-15-53(66)28-9-8-24-16-25(10-13-51(24,4)27(28)11-14-52(26,53)5)74-33-17-29(67-6)45(23(3)71-33)78-50-44(65)46(68-7)34(55)22(2)73-50/h8,21-23,25-50,54-66H,9-20H2,1-7H3/t21-,22+,23+,25-,26+,27-,28+,29+,30+,31+,32+,33-,34+,35+,36+,37+,38-,39-,40-,41+,42+,43+,44+,45+,46-,47+,48+,49+,50-,51-,52+,53-/m0/s1. The van der Waals surface area contributed by atoms with Gasteiger partial charge in [-0.15, -0.1) is 0 Å². The van der Waals surface area contributed by atoms with Gasteiger partial charge in [0.1, 0.15) is 97.7 Å². The van der Waals surface area contributed by atoms with E-state index >= 15 is 0 Å². The van der Waals surface area contributed by atoms with Crippen LogP contribution in [0.15, 0.2) is 11.6 Å². The molecule has 78 heavy (non-hydrogen) atoms. The third-order valence-electron chi connectivity index (χ3n) is 19.9. The van der Waals surface area contributed by atoms with Crippen molar-refractivity contribution in [3.8, 4) is 0 Å². The van der Waals surface area contributed by atoms with Gasteiger partial charge >= 0.3 is 0 Å². The SMILES string of the molecule is CO[C@@H]1[C@@H](O)[C@H](O[C@@H]2[C@@H](C)O[C@@H](O[C@H]3CC[C@@]4(C)C(=CC[C@@H]5[C@@H]4CC[C@]4(C)[C@@H]([C@H](C)O[C@@H]6O[C@H](CO[C@@H]7O[C@H](CO[C@@H]8O[C@H](CO)[C@@H](O)[C@H](O)[C@H]8O)[C@@H](O)[C@H](O)[C@H]7O)[C@@H](O)[C@H](O)[C@H]6O)CC[C@]54O)C3)C[C@H]2OC)O[C@H](C)[C@H]1O. The number of hydrogen-bond donors (Lipinski definition) is 13. The van der Waals surface area contributed by atoms with E-state index < -0.39 is 184 Å². The largest absolute Gasteiger partial charge is 0.394 e. The molecule has 5 aliphatic heterocycles. The molecule has 9 aliphatic rings. The second-order valence-corrected chi connectivity index (χ2v) is 24.1. The fourth-order valence-electron chi connectivity index (χ4n) is 15.0. The Bertz CT molecular complexity index is 2010. The van der Waals surface area contributed by atoms with Gasteiger partial charge in [0.15, 0.2) is 31.5 Å². The molecule has 0 unspecified atom stereocenters. The van der Waals surface area contributed by atoms with E-state index in [0.717, 1.165) is 25.7 Å². The first kappa shape index (κ1) is 61.3. The van der Waals surface area contributed by atoms with Gasteiger partial charge in [-0.25, -0.2) is 0 Å². The molecule has 0 aromatic rings. The van der Waals surface area contributed by atoms with E-state index in [2.05, 4.69) is 19.9 Å². The molecule has 0 aromatic carbocycles. The number of aliphatic hydroxyl groups excluding tert-OH is 12. The molecule has 450 valence electrons. The van der Waals surface area contributed by atoms with Crippen molar-refractivity contribution in [3.05, 3.63) is 11.6 Å². The highest BCUT2D eigenvalue weighted by atomic mass is 16.8. The van der Waals surface area contributed by atoms with Crippen LogP contribution < -0.4 is 0 Å². The number of rotatable bonds is 16. The summed E-state index contributed by atoms with van der Waals surface area (Å²) in [7, 11) is 3.01. The quantitative estimate of drug-likeness (QED) is 0.0682. The molecule has 0 amide bonds. The zero-order valence-corrected chi connectivity index (χ0v) is 45.5. The van der Waals surface area contributed by atoms with Crippen LogP contribution in [0.4, 0.5) is 0 Å². The van der Waals surface area contributed by atoms with Gasteiger partial charge in [0.05, 0.1) is 55.9 Å². The normalized spacial score (nSPS) is 54.1. The predicted octanol–water partition coefficient (Wildman–Crippen LogP) is -3.06. The number of allylic oxidation sites excluding steroid dienone is 1. The van der Waals surface area contributed by atoms with E-state index in [1.54, 1.807) is 14.0 Å². The Kier molecular flexibility index (Phi) is 19.2. The summed E-state index contributed by atoms with van der Waals surface area (Å²) in [6, 6.07) is 0. The van der Waals surface area contributed by atoms with Crippen LogP contribution in [0.2, 0.25) is 0 Å². The van der Waals surface area contributed by atoms with Crippen LogP contribution in [0.5, 0.6) is 0 Å². The van der Waals surface area contributed by atoms with Gasteiger partial charge in [-0.2, -0.15) is 0 Å². The van der Waals surface area contributed by atoms with E-state index in [-0.39, 0.29) is 29.3 Å². The molecule has 3 saturated carbocycles. The van der Waals surface area contributed by atoms with Crippen LogP contribution in [0.1, 0.15) is 92.4 Å². The minimum absolute atomic E-state index is 0.0374. The second-order valence-electron chi connectivity index (χ2n) is 24.1. The van der Waals surface area contributed by atoms with E-state index in [4.69, 9.17) is 56.8 Å². The molecule has 0 radical (unpaired) electrons. The molecule has 25 nitrogen and oxygen atoms in total. The lowest BCUT2D eigenvalue weighted by atomic mass is 9.45. The molecule has 8 fully saturated rings. The Morgan fingerprint density at radius 3 is 1.78 bits per heavy atom. The Balaban J connectivity index is 0.786. The van der Waals surface area contributed by atoms with Crippen molar-refractivity contribution in [2.75, 3.05) is 34.0 Å². The summed E-state index contributed by atoms with van der Waals surface area (Å²) in [6.07, 6.45) is -23.7. The van der Waals surface area contributed by atoms with Gasteiger partial charge in [0.2, 0.25) is 0 Å². The Morgan fingerprint density at radius 1 is 0.590 bits per heavy atom. The number of fused-ring (bicyclic) bond motifs is 5. The van der Waals surface area contributed by atoms with Gasteiger partial charge in [0, 0.05) is 26.1 Å². The van der Waals surface area contributed by atoms with Crippen molar-refractivity contribution in [1.29, 1.82) is 0 Å². The van der Waals surface area contributed by atoms with Crippen LogP contribution in [-0.2, 0) is 56.8 Å². The monoisotopic (exact) mass is 1120 g/mol. The molecule has 13 N–H and O–H groups in total. The zero-order valence-electron chi connectivity index (χ0n) is 45.5. The van der Waals surface area contributed by atoms with Crippen LogP contribution in [-0.4, -0.2) is 266 Å². The van der Waals surface area contributed by atoms with Gasteiger partial charge in [-0.1, -0.05) is 25.5 Å². The number of ether oxygens (including phenoxy) is 12. The fourth-order valence-corrected chi connectivity index (χ4v) is 15.0. The third-order valence-corrected chi connectivity index (χ3v) is 19.9. The molecule has 32 atom stereocenters. The summed E-state index contributed by atoms with van der Waals surface area (Å²) in [4.78, 5) is 0. The van der Waals surface area contributed by atoms with Crippen molar-refractivity contribution in [2.45, 2.75) is 258 Å². The average molecular weight is 1130 g/mol. The molecule has 4 aliphatic carbocycles. The number of hydrogen-bond acceptors (Lipinski definition) is 25. The lowest BCUT2D eigenvalue weighted by molar-refractivity contribution is -0.346. The predicted molar refractivity (Wildman–Crippen MR) is 263 cm³/mol. The van der Waals surface area contributed by atoms with Crippen LogP contribution in [0.3, 0.4) is 0 Å². The minimum atomic E-state index is -1.85. The molecule has 5 heterocycles. The Hall–Kier alpha value is -1.26. The summed E-state index contributed by atoms with van der Waals surface area (Å²) in [5.41, 5.74) is -0.500. The number of aliphatic hydroxyl groups is 13. The molecule has 5 saturated heterocycles. The molecule has 9 rings (SSSR count). The summed E-state index contributed by atoms with van der Waals surface area (Å²) < 4.78 is 71.3. The van der Waals surface area contributed by atoms with Gasteiger partial charge in [0.25, 0.3) is 0 Å². The second kappa shape index (κ2) is 24.4. The van der Waals surface area contributed by atoms with Crippen LogP contribution >= 0.6 is 0 Å². The van der Waals surface area contributed by atoms with Crippen LogP contribution in [0.25, 0.3) is 0 Å². The summed E-state index contributed by atoms with van der Waals surface area (Å²) in [5, 5.41) is 140. The molecule has 25 heteroatoms. The molecular weight excluding hydrogens is 1040 g/mol. The van der Waals surface area contributed by atoms with Crippen molar-refractivity contribution < 1.29 is 123 Å². The smallest absolute Gasteiger partial charge is 0.187 e. The first-order chi connectivity index (χ1) is 36.9. The Labute approximate surface area is 454 Å². The third kappa shape index (κ3) is 11.2. The number of methoxy groups -OCH3 is 2. The highest BCUT2D eigenvalue weighted by Gasteiger charge is 2.67. The van der Waals surface area contributed by atoms with Crippen molar-refractivity contribution in [1.82, 2.24) is 0 Å². The van der Waals surface area contributed by atoms with Crippen molar-refractivity contribution >= 4 is 0 Å². The molecular formula is C53H88O25. The van der Waals surface area contributed by atoms with Crippen LogP contribution in [0, 0.1) is 28.6 Å². The fraction of sp³-hybridized carbons (Fsp3) is 0.962. The first-order valence-electron chi connectivity index (χ1n) is 27.9. The molecule has 0 spiro atoms. The van der Waals surface area contributed by atoms with Gasteiger partial charge in [-0.05, 0) is 95.3 Å². The van der Waals surface area contributed by atoms with E-state index in [9.17, 15) is 66.4 Å². The average Bonchev–Trinajstić information content (AvgIpc) is 3.77. The maximum Gasteiger partial charge on any atom is 0.187 e. The zero-order chi connectivity index (χ0) is 56.5. The van der Waals surface area contributed by atoms with E-state index in [1.807, 2.05) is 13.8 Å². The summed E-state index contributed by atoms with van der Waals surface area (Å²) >= 11 is 0. The first-order valence-corrected chi connectivity index (χ1v) is 27.9. The molecule has 0 aromatic heterocycles. The van der Waals surface area contributed by atoms with Gasteiger partial charge < -0.3 is 123 Å². The minimum Gasteiger partial charge on any atom is -0.394 e. The Morgan fingerprint density at radius 2 is 1.18 bits per heavy atom. The highest BCUT2D eigenvalue weighted by molar-refractivity contribution is 5.28.